The number of rotatable bonds is 9. The molecule has 0 aliphatic heterocycles. The van der Waals surface area contributed by atoms with Gasteiger partial charge in [0, 0.05) is 5.56 Å². The number of hydrogen-bond donors (Lipinski definition) is 1. The summed E-state index contributed by atoms with van der Waals surface area (Å²) >= 11 is 0. The molecule has 0 bridgehead atoms. The summed E-state index contributed by atoms with van der Waals surface area (Å²) < 4.78 is 25.3. The van der Waals surface area contributed by atoms with E-state index in [0.29, 0.717) is 29.2 Å². The average molecular weight is 445 g/mol. The number of nitriles is 1. The normalized spacial score (nSPS) is 11.9. The molecule has 3 aromatic rings. The third kappa shape index (κ3) is 6.44. The maximum absolute atomic E-state index is 13.9. The first-order valence-electron chi connectivity index (χ1n) is 10.6. The molecule has 6 heteroatoms. The monoisotopic (exact) mass is 444 g/mol. The summed E-state index contributed by atoms with van der Waals surface area (Å²) in [4.78, 5) is 12.6. The van der Waals surface area contributed by atoms with E-state index in [1.807, 2.05) is 50.2 Å². The van der Waals surface area contributed by atoms with Crippen molar-refractivity contribution < 1.29 is 18.7 Å². The van der Waals surface area contributed by atoms with Gasteiger partial charge in [-0.3, -0.25) is 4.79 Å². The quantitative estimate of drug-likeness (QED) is 0.345. The molecular formula is C27H25FN2O3. The standard InChI is InChI=1S/C27H25FN2O3/c1-3-32-26-16-20(13-14-25(26)33-18-22-11-7-8-12-24(22)28)15-23(17-29)27(31)30-19(2)21-9-5-4-6-10-21/h4-16,19H,3,18H2,1-2H3,(H,30,31)/b23-15-/t19-/m0/s1. The number of nitrogens with zero attached hydrogens (tertiary/aromatic N) is 1. The van der Waals surface area contributed by atoms with Crippen LogP contribution in [0, 0.1) is 17.1 Å². The van der Waals surface area contributed by atoms with Crippen LogP contribution in [-0.4, -0.2) is 12.5 Å². The molecule has 1 atom stereocenters. The second-order valence-corrected chi connectivity index (χ2v) is 7.29. The number of amides is 1. The zero-order valence-electron chi connectivity index (χ0n) is 18.5. The van der Waals surface area contributed by atoms with Crippen molar-refractivity contribution in [2.75, 3.05) is 6.61 Å². The van der Waals surface area contributed by atoms with Crippen molar-refractivity contribution in [2.24, 2.45) is 0 Å². The lowest BCUT2D eigenvalue weighted by Crippen LogP contribution is -2.27. The molecule has 1 amide bonds. The molecule has 3 aromatic carbocycles. The molecule has 3 rings (SSSR count). The molecule has 168 valence electrons. The van der Waals surface area contributed by atoms with E-state index in [-0.39, 0.29) is 24.0 Å². The first kappa shape index (κ1) is 23.6. The third-order valence-corrected chi connectivity index (χ3v) is 4.93. The summed E-state index contributed by atoms with van der Waals surface area (Å²) in [6, 6.07) is 22.7. The van der Waals surface area contributed by atoms with E-state index >= 15 is 0 Å². The predicted octanol–water partition coefficient (Wildman–Crippen LogP) is 5.59. The molecule has 0 aliphatic rings. The number of carbonyl (C=O) groups is 1. The van der Waals surface area contributed by atoms with Gasteiger partial charge in [0.15, 0.2) is 11.5 Å². The molecule has 0 aromatic heterocycles. The van der Waals surface area contributed by atoms with Gasteiger partial charge < -0.3 is 14.8 Å². The van der Waals surface area contributed by atoms with E-state index in [1.54, 1.807) is 36.4 Å². The summed E-state index contributed by atoms with van der Waals surface area (Å²) in [6.45, 7) is 4.13. The van der Waals surface area contributed by atoms with Crippen LogP contribution in [0.2, 0.25) is 0 Å². The van der Waals surface area contributed by atoms with Gasteiger partial charge in [-0.05, 0) is 49.2 Å². The van der Waals surface area contributed by atoms with Crippen LogP contribution in [0.3, 0.4) is 0 Å². The Bertz CT molecular complexity index is 1170. The minimum absolute atomic E-state index is 0.0275. The molecule has 5 nitrogen and oxygen atoms in total. The molecule has 1 N–H and O–H groups in total. The van der Waals surface area contributed by atoms with E-state index in [1.165, 1.54) is 12.1 Å². The highest BCUT2D eigenvalue weighted by Gasteiger charge is 2.15. The summed E-state index contributed by atoms with van der Waals surface area (Å²) in [5, 5.41) is 12.4. The summed E-state index contributed by atoms with van der Waals surface area (Å²) in [6.07, 6.45) is 1.50. The van der Waals surface area contributed by atoms with Crippen molar-refractivity contribution in [1.29, 1.82) is 5.26 Å². The van der Waals surface area contributed by atoms with E-state index in [0.717, 1.165) is 5.56 Å². The maximum Gasteiger partial charge on any atom is 0.262 e. The molecule has 33 heavy (non-hydrogen) atoms. The Morgan fingerprint density at radius 3 is 2.48 bits per heavy atom. The zero-order valence-corrected chi connectivity index (χ0v) is 18.5. The number of nitrogens with one attached hydrogen (secondary N) is 1. The van der Waals surface area contributed by atoms with Gasteiger partial charge in [-0.1, -0.05) is 54.6 Å². The zero-order chi connectivity index (χ0) is 23.6. The molecule has 0 unspecified atom stereocenters. The molecule has 0 radical (unpaired) electrons. The van der Waals surface area contributed by atoms with E-state index < -0.39 is 5.91 Å². The van der Waals surface area contributed by atoms with Gasteiger partial charge in [0.2, 0.25) is 0 Å². The molecule has 0 spiro atoms. The Labute approximate surface area is 193 Å². The van der Waals surface area contributed by atoms with Crippen LogP contribution in [0.15, 0.2) is 78.4 Å². The first-order chi connectivity index (χ1) is 16.0. The fourth-order valence-electron chi connectivity index (χ4n) is 3.19. The second kappa shape index (κ2) is 11.5. The largest absolute Gasteiger partial charge is 0.490 e. The predicted molar refractivity (Wildman–Crippen MR) is 125 cm³/mol. The van der Waals surface area contributed by atoms with Crippen LogP contribution in [0.4, 0.5) is 4.39 Å². The van der Waals surface area contributed by atoms with Crippen molar-refractivity contribution in [3.8, 4) is 17.6 Å². The Hall–Kier alpha value is -4.11. The highest BCUT2D eigenvalue weighted by molar-refractivity contribution is 6.01. The second-order valence-electron chi connectivity index (χ2n) is 7.29. The molecule has 0 saturated heterocycles. The van der Waals surface area contributed by atoms with Crippen LogP contribution in [0.25, 0.3) is 6.08 Å². The molecule has 0 aliphatic carbocycles. The van der Waals surface area contributed by atoms with Gasteiger partial charge in [-0.25, -0.2) is 4.39 Å². The lowest BCUT2D eigenvalue weighted by Gasteiger charge is -2.14. The number of halogens is 1. The minimum Gasteiger partial charge on any atom is -0.490 e. The molecule has 0 fully saturated rings. The van der Waals surface area contributed by atoms with Crippen LogP contribution in [-0.2, 0) is 11.4 Å². The smallest absolute Gasteiger partial charge is 0.262 e. The Morgan fingerprint density at radius 1 is 1.06 bits per heavy atom. The van der Waals surface area contributed by atoms with E-state index in [9.17, 15) is 14.4 Å². The highest BCUT2D eigenvalue weighted by Crippen LogP contribution is 2.30. The van der Waals surface area contributed by atoms with Crippen LogP contribution < -0.4 is 14.8 Å². The number of carbonyl (C=O) groups excluding carboxylic acids is 1. The molecule has 0 heterocycles. The maximum atomic E-state index is 13.9. The Kier molecular flexibility index (Phi) is 8.20. The SMILES string of the molecule is CCOc1cc(/C=C(/C#N)C(=O)N[C@@H](C)c2ccccc2)ccc1OCc1ccccc1F. The number of ether oxygens (including phenoxy) is 2. The van der Waals surface area contributed by atoms with Gasteiger partial charge >= 0.3 is 0 Å². The highest BCUT2D eigenvalue weighted by atomic mass is 19.1. The topological polar surface area (TPSA) is 71.3 Å². The van der Waals surface area contributed by atoms with Crippen LogP contribution in [0.1, 0.15) is 36.6 Å². The summed E-state index contributed by atoms with van der Waals surface area (Å²) in [7, 11) is 0. The van der Waals surface area contributed by atoms with Gasteiger partial charge in [-0.2, -0.15) is 5.26 Å². The van der Waals surface area contributed by atoms with Gasteiger partial charge in [-0.15, -0.1) is 0 Å². The van der Waals surface area contributed by atoms with E-state index in [4.69, 9.17) is 9.47 Å². The van der Waals surface area contributed by atoms with Crippen molar-refractivity contribution in [3.05, 3.63) is 101 Å². The van der Waals surface area contributed by atoms with Crippen molar-refractivity contribution in [2.45, 2.75) is 26.5 Å². The summed E-state index contributed by atoms with van der Waals surface area (Å²) in [5.41, 5.74) is 1.95. The van der Waals surface area contributed by atoms with Gasteiger partial charge in [0.05, 0.1) is 12.6 Å². The summed E-state index contributed by atoms with van der Waals surface area (Å²) in [5.74, 6) is 0.0759. The molecule has 0 saturated carbocycles. The average Bonchev–Trinajstić information content (AvgIpc) is 2.83. The fraction of sp³-hybridized carbons (Fsp3) is 0.185. The van der Waals surface area contributed by atoms with Crippen LogP contribution >= 0.6 is 0 Å². The van der Waals surface area contributed by atoms with Gasteiger partial charge in [0.1, 0.15) is 24.1 Å². The van der Waals surface area contributed by atoms with Crippen LogP contribution in [0.5, 0.6) is 11.5 Å². The molecular weight excluding hydrogens is 419 g/mol. The van der Waals surface area contributed by atoms with Crippen molar-refractivity contribution in [1.82, 2.24) is 5.32 Å². The van der Waals surface area contributed by atoms with E-state index in [2.05, 4.69) is 5.32 Å². The first-order valence-corrected chi connectivity index (χ1v) is 10.6. The lowest BCUT2D eigenvalue weighted by atomic mass is 10.1. The Balaban J connectivity index is 1.76. The van der Waals surface area contributed by atoms with Gasteiger partial charge in [0.25, 0.3) is 5.91 Å². The fourth-order valence-corrected chi connectivity index (χ4v) is 3.19. The lowest BCUT2D eigenvalue weighted by molar-refractivity contribution is -0.117. The van der Waals surface area contributed by atoms with Crippen molar-refractivity contribution >= 4 is 12.0 Å². The third-order valence-electron chi connectivity index (χ3n) is 4.93. The minimum atomic E-state index is -0.466. The van der Waals surface area contributed by atoms with Crippen molar-refractivity contribution in [3.63, 3.8) is 0 Å². The Morgan fingerprint density at radius 2 is 1.79 bits per heavy atom. The number of benzene rings is 3. The number of hydrogen-bond acceptors (Lipinski definition) is 4.